The average Bonchev–Trinajstić information content (AvgIpc) is 2.36. The van der Waals surface area contributed by atoms with E-state index >= 15 is 0 Å². The highest BCUT2D eigenvalue weighted by Gasteiger charge is 2.31. The highest BCUT2D eigenvalue weighted by atomic mass is 32.2. The van der Waals surface area contributed by atoms with Crippen molar-refractivity contribution in [2.45, 2.75) is 43.2 Å². The van der Waals surface area contributed by atoms with Crippen molar-refractivity contribution in [3.05, 3.63) is 18.2 Å². The van der Waals surface area contributed by atoms with Crippen LogP contribution in [0.3, 0.4) is 0 Å². The van der Waals surface area contributed by atoms with Gasteiger partial charge in [-0.15, -0.1) is 0 Å². The van der Waals surface area contributed by atoms with Crippen LogP contribution in [-0.4, -0.2) is 33.8 Å². The Kier molecular flexibility index (Phi) is 4.46. The van der Waals surface area contributed by atoms with Gasteiger partial charge in [0.15, 0.2) is 0 Å². The summed E-state index contributed by atoms with van der Waals surface area (Å²) in [6.07, 6.45) is 1.30. The third-order valence-electron chi connectivity index (χ3n) is 3.53. The molecule has 1 aromatic rings. The summed E-state index contributed by atoms with van der Waals surface area (Å²) >= 11 is 0. The first-order valence-corrected chi connectivity index (χ1v) is 8.32. The van der Waals surface area contributed by atoms with Crippen LogP contribution in [0.5, 0.6) is 5.75 Å². The fourth-order valence-corrected chi connectivity index (χ4v) is 3.80. The second-order valence-corrected chi connectivity index (χ2v) is 7.54. The normalized spacial score (nSPS) is 22.0. The number of sulfonamides is 1. The van der Waals surface area contributed by atoms with Gasteiger partial charge in [0.25, 0.3) is 0 Å². The molecule has 2 rings (SSSR count). The third kappa shape index (κ3) is 3.87. The smallest absolute Gasteiger partial charge is 0.240 e. The molecule has 0 aromatic heterocycles. The van der Waals surface area contributed by atoms with Crippen molar-refractivity contribution in [3.63, 3.8) is 0 Å². The number of nitrogens with two attached hydrogens (primary N) is 1. The first kappa shape index (κ1) is 16.1. The monoisotopic (exact) mass is 314 g/mol. The van der Waals surface area contributed by atoms with Gasteiger partial charge in [-0.2, -0.15) is 0 Å². The quantitative estimate of drug-likeness (QED) is 0.822. The van der Waals surface area contributed by atoms with Crippen molar-refractivity contribution in [2.75, 3.05) is 19.5 Å². The van der Waals surface area contributed by atoms with E-state index in [0.717, 1.165) is 0 Å². The fourth-order valence-electron chi connectivity index (χ4n) is 2.50. The molecule has 0 spiro atoms. The summed E-state index contributed by atoms with van der Waals surface area (Å²) < 4.78 is 38.2. The maximum Gasteiger partial charge on any atom is 0.240 e. The molecule has 1 saturated heterocycles. The molecule has 1 fully saturated rings. The summed E-state index contributed by atoms with van der Waals surface area (Å²) in [5, 5.41) is 0. The molecule has 1 heterocycles. The number of nitrogen functional groups attached to an aromatic ring is 1. The van der Waals surface area contributed by atoms with Crippen molar-refractivity contribution >= 4 is 15.7 Å². The highest BCUT2D eigenvalue weighted by molar-refractivity contribution is 7.89. The standard InChI is InChI=1S/C14H22N2O4S/c1-14(2)9-10(6-7-20-14)16-21(17,18)11-4-5-13(19-3)12(15)8-11/h4-5,8,10,16H,6-7,9,15H2,1-3H3. The SMILES string of the molecule is COc1ccc(S(=O)(=O)NC2CCOC(C)(C)C2)cc1N. The van der Waals surface area contributed by atoms with Crippen molar-refractivity contribution < 1.29 is 17.9 Å². The Hall–Kier alpha value is -1.31. The summed E-state index contributed by atoms with van der Waals surface area (Å²) in [4.78, 5) is 0.144. The Morgan fingerprint density at radius 1 is 1.43 bits per heavy atom. The Labute approximate surface area is 125 Å². The predicted molar refractivity (Wildman–Crippen MR) is 80.8 cm³/mol. The number of benzene rings is 1. The van der Waals surface area contributed by atoms with Crippen molar-refractivity contribution in [1.82, 2.24) is 4.72 Å². The van der Waals surface area contributed by atoms with Gasteiger partial charge in [0.2, 0.25) is 10.0 Å². The van der Waals surface area contributed by atoms with E-state index in [-0.39, 0.29) is 16.5 Å². The molecular formula is C14H22N2O4S. The van der Waals surface area contributed by atoms with Crippen LogP contribution in [0.2, 0.25) is 0 Å². The first-order chi connectivity index (χ1) is 9.73. The highest BCUT2D eigenvalue weighted by Crippen LogP contribution is 2.27. The van der Waals surface area contributed by atoms with Gasteiger partial charge in [-0.3, -0.25) is 0 Å². The number of nitrogens with one attached hydrogen (secondary N) is 1. The van der Waals surface area contributed by atoms with Crippen LogP contribution < -0.4 is 15.2 Å². The van der Waals surface area contributed by atoms with Crippen LogP contribution in [0.1, 0.15) is 26.7 Å². The van der Waals surface area contributed by atoms with E-state index < -0.39 is 10.0 Å². The maximum atomic E-state index is 12.4. The molecule has 1 aliphatic rings. The van der Waals surface area contributed by atoms with Gasteiger partial charge in [0.05, 0.1) is 23.3 Å². The van der Waals surface area contributed by atoms with Crippen molar-refractivity contribution in [3.8, 4) is 5.75 Å². The molecule has 0 bridgehead atoms. The summed E-state index contributed by atoms with van der Waals surface area (Å²) in [6, 6.07) is 4.31. The lowest BCUT2D eigenvalue weighted by molar-refractivity contribution is -0.0599. The number of rotatable bonds is 4. The van der Waals surface area contributed by atoms with Gasteiger partial charge < -0.3 is 15.2 Å². The Balaban J connectivity index is 2.17. The molecule has 0 radical (unpaired) electrons. The lowest BCUT2D eigenvalue weighted by Gasteiger charge is -2.35. The van der Waals surface area contributed by atoms with Gasteiger partial charge in [-0.05, 0) is 44.9 Å². The summed E-state index contributed by atoms with van der Waals surface area (Å²) in [6.45, 7) is 4.46. The molecule has 118 valence electrons. The number of methoxy groups -OCH3 is 1. The van der Waals surface area contributed by atoms with Crippen LogP contribution in [0.25, 0.3) is 0 Å². The molecule has 1 aromatic carbocycles. The zero-order valence-electron chi connectivity index (χ0n) is 12.5. The lowest BCUT2D eigenvalue weighted by atomic mass is 9.95. The largest absolute Gasteiger partial charge is 0.495 e. The molecule has 3 N–H and O–H groups in total. The Morgan fingerprint density at radius 3 is 2.71 bits per heavy atom. The van der Waals surface area contributed by atoms with Crippen LogP contribution in [0, 0.1) is 0 Å². The zero-order chi connectivity index (χ0) is 15.7. The molecular weight excluding hydrogens is 292 g/mol. The van der Waals surface area contributed by atoms with Crippen LogP contribution in [-0.2, 0) is 14.8 Å². The molecule has 1 aliphatic heterocycles. The third-order valence-corrected chi connectivity index (χ3v) is 5.05. The molecule has 1 unspecified atom stereocenters. The van der Waals surface area contributed by atoms with Crippen LogP contribution >= 0.6 is 0 Å². The zero-order valence-corrected chi connectivity index (χ0v) is 13.4. The Bertz CT molecular complexity index is 613. The number of hydrogen-bond acceptors (Lipinski definition) is 5. The first-order valence-electron chi connectivity index (χ1n) is 6.83. The van der Waals surface area contributed by atoms with Gasteiger partial charge in [-0.1, -0.05) is 0 Å². The van der Waals surface area contributed by atoms with Crippen molar-refractivity contribution in [1.29, 1.82) is 0 Å². The minimum absolute atomic E-state index is 0.137. The molecule has 7 heteroatoms. The molecule has 0 saturated carbocycles. The molecule has 21 heavy (non-hydrogen) atoms. The van der Waals surface area contributed by atoms with E-state index in [1.165, 1.54) is 19.2 Å². The van der Waals surface area contributed by atoms with E-state index in [0.29, 0.717) is 30.9 Å². The Morgan fingerprint density at radius 2 is 2.14 bits per heavy atom. The lowest BCUT2D eigenvalue weighted by Crippen LogP contribution is -2.45. The van der Waals surface area contributed by atoms with E-state index in [2.05, 4.69) is 4.72 Å². The van der Waals surface area contributed by atoms with Gasteiger partial charge in [0, 0.05) is 12.6 Å². The minimum Gasteiger partial charge on any atom is -0.495 e. The number of anilines is 1. The topological polar surface area (TPSA) is 90.7 Å². The summed E-state index contributed by atoms with van der Waals surface area (Å²) in [7, 11) is -2.11. The molecule has 6 nitrogen and oxygen atoms in total. The predicted octanol–water partition coefficient (Wildman–Crippen LogP) is 1.51. The van der Waals surface area contributed by atoms with E-state index in [1.54, 1.807) is 6.07 Å². The van der Waals surface area contributed by atoms with Crippen molar-refractivity contribution in [2.24, 2.45) is 0 Å². The summed E-state index contributed by atoms with van der Waals surface area (Å²) in [5.74, 6) is 0.459. The van der Waals surface area contributed by atoms with Gasteiger partial charge in [-0.25, -0.2) is 13.1 Å². The fraction of sp³-hybridized carbons (Fsp3) is 0.571. The minimum atomic E-state index is -3.60. The van der Waals surface area contributed by atoms with Gasteiger partial charge >= 0.3 is 0 Å². The van der Waals surface area contributed by atoms with Crippen LogP contribution in [0.4, 0.5) is 5.69 Å². The summed E-state index contributed by atoms with van der Waals surface area (Å²) in [5.41, 5.74) is 5.75. The van der Waals surface area contributed by atoms with Crippen LogP contribution in [0.15, 0.2) is 23.1 Å². The van der Waals surface area contributed by atoms with E-state index in [9.17, 15) is 8.42 Å². The van der Waals surface area contributed by atoms with E-state index in [1.807, 2.05) is 13.8 Å². The number of ether oxygens (including phenoxy) is 2. The second kappa shape index (κ2) is 5.82. The molecule has 1 atom stereocenters. The number of hydrogen-bond donors (Lipinski definition) is 2. The second-order valence-electron chi connectivity index (χ2n) is 5.82. The van der Waals surface area contributed by atoms with E-state index in [4.69, 9.17) is 15.2 Å². The maximum absolute atomic E-state index is 12.4. The van der Waals surface area contributed by atoms with Gasteiger partial charge in [0.1, 0.15) is 5.75 Å². The average molecular weight is 314 g/mol. The molecule has 0 aliphatic carbocycles. The molecule has 0 amide bonds.